The highest BCUT2D eigenvalue weighted by molar-refractivity contribution is 6.44. The van der Waals surface area contributed by atoms with E-state index < -0.39 is 5.97 Å². The average Bonchev–Trinajstić information content (AvgIpc) is 2.31. The first-order valence-electron chi connectivity index (χ1n) is 6.86. The summed E-state index contributed by atoms with van der Waals surface area (Å²) in [4.78, 5) is 12.0. The van der Waals surface area contributed by atoms with Gasteiger partial charge in [0.25, 0.3) is 0 Å². The third-order valence-electron chi connectivity index (χ3n) is 3.10. The number of hydrogen-bond donors (Lipinski definition) is 0. The van der Waals surface area contributed by atoms with Gasteiger partial charge in [0.1, 0.15) is 0 Å². The molecule has 1 rings (SSSR count). The van der Waals surface area contributed by atoms with Crippen LogP contribution in [-0.2, 0) is 4.74 Å². The second-order valence-electron chi connectivity index (χ2n) is 6.30. The minimum Gasteiger partial charge on any atom is -0.462 e. The predicted molar refractivity (Wildman–Crippen MR) is 88.4 cm³/mol. The molecule has 0 N–H and O–H groups in total. The van der Waals surface area contributed by atoms with Gasteiger partial charge in [-0.1, -0.05) is 62.5 Å². The van der Waals surface area contributed by atoms with Gasteiger partial charge >= 0.3 is 5.97 Å². The SMILES string of the molecule is CC(C)CC(C)(C)CCOC(=O)c1[c]c(Cl)cc(Cl)c1Cl. The quantitative estimate of drug-likeness (QED) is 0.460. The molecule has 0 saturated carbocycles. The lowest BCUT2D eigenvalue weighted by atomic mass is 9.81. The van der Waals surface area contributed by atoms with Crippen molar-refractivity contribution < 1.29 is 9.53 Å². The van der Waals surface area contributed by atoms with E-state index in [9.17, 15) is 4.79 Å². The van der Waals surface area contributed by atoms with E-state index in [0.717, 1.165) is 12.8 Å². The van der Waals surface area contributed by atoms with Crippen molar-refractivity contribution in [2.45, 2.75) is 40.5 Å². The average molecular weight is 351 g/mol. The van der Waals surface area contributed by atoms with Gasteiger partial charge in [0.05, 0.1) is 27.2 Å². The highest BCUT2D eigenvalue weighted by Gasteiger charge is 2.21. The standard InChI is InChI=1S/C16H20Cl3O2/c1-10(2)9-16(3,4)5-6-21-15(20)12-7-11(17)8-13(18)14(12)19/h8,10H,5-6,9H2,1-4H3. The molecule has 1 aromatic carbocycles. The molecule has 117 valence electrons. The largest absolute Gasteiger partial charge is 0.462 e. The number of carbonyl (C=O) groups is 1. The van der Waals surface area contributed by atoms with Crippen LogP contribution in [0.1, 0.15) is 50.9 Å². The monoisotopic (exact) mass is 349 g/mol. The number of hydrogen-bond acceptors (Lipinski definition) is 2. The summed E-state index contributed by atoms with van der Waals surface area (Å²) in [5.41, 5.74) is 0.198. The summed E-state index contributed by atoms with van der Waals surface area (Å²) in [6.07, 6.45) is 1.85. The molecule has 1 radical (unpaired) electrons. The van der Waals surface area contributed by atoms with Crippen LogP contribution in [0.2, 0.25) is 15.1 Å². The van der Waals surface area contributed by atoms with E-state index in [1.165, 1.54) is 6.07 Å². The van der Waals surface area contributed by atoms with E-state index in [2.05, 4.69) is 33.8 Å². The van der Waals surface area contributed by atoms with Crippen LogP contribution in [0.4, 0.5) is 0 Å². The lowest BCUT2D eigenvalue weighted by molar-refractivity contribution is 0.0448. The molecule has 0 amide bonds. The van der Waals surface area contributed by atoms with Gasteiger partial charge < -0.3 is 4.74 Å². The smallest absolute Gasteiger partial charge is 0.340 e. The van der Waals surface area contributed by atoms with E-state index in [0.29, 0.717) is 12.5 Å². The Morgan fingerprint density at radius 2 is 1.95 bits per heavy atom. The Bertz CT molecular complexity index is 510. The Labute approximate surface area is 141 Å². The first kappa shape index (κ1) is 18.6. The maximum atomic E-state index is 12.0. The Balaban J connectivity index is 2.63. The zero-order valence-electron chi connectivity index (χ0n) is 12.7. The second kappa shape index (κ2) is 7.71. The lowest BCUT2D eigenvalue weighted by Gasteiger charge is -2.26. The molecule has 0 aliphatic rings. The molecular formula is C16H20Cl3O2. The summed E-state index contributed by atoms with van der Waals surface area (Å²) in [5.74, 6) is 0.0509. The molecule has 0 bridgehead atoms. The maximum absolute atomic E-state index is 12.0. The van der Waals surface area contributed by atoms with Crippen LogP contribution in [0, 0.1) is 17.4 Å². The molecule has 0 aliphatic heterocycles. The molecule has 0 heterocycles. The Morgan fingerprint density at radius 1 is 1.33 bits per heavy atom. The maximum Gasteiger partial charge on any atom is 0.340 e. The third kappa shape index (κ3) is 6.06. The molecule has 0 spiro atoms. The summed E-state index contributed by atoms with van der Waals surface area (Å²) in [6.45, 7) is 9.01. The highest BCUT2D eigenvalue weighted by atomic mass is 35.5. The number of carbonyl (C=O) groups excluding carboxylic acids is 1. The van der Waals surface area contributed by atoms with E-state index in [1.807, 2.05) is 0 Å². The molecule has 0 fully saturated rings. The highest BCUT2D eigenvalue weighted by Crippen LogP contribution is 2.31. The van der Waals surface area contributed by atoms with Crippen molar-refractivity contribution in [1.82, 2.24) is 0 Å². The molecule has 2 nitrogen and oxygen atoms in total. The van der Waals surface area contributed by atoms with Crippen molar-refractivity contribution in [1.29, 1.82) is 0 Å². The van der Waals surface area contributed by atoms with E-state index in [4.69, 9.17) is 39.5 Å². The van der Waals surface area contributed by atoms with Gasteiger partial charge in [-0.05, 0) is 30.2 Å². The number of rotatable bonds is 6. The second-order valence-corrected chi connectivity index (χ2v) is 7.49. The minimum absolute atomic E-state index is 0.0795. The normalized spacial score (nSPS) is 11.8. The fourth-order valence-corrected chi connectivity index (χ4v) is 2.99. The zero-order chi connectivity index (χ0) is 16.2. The van der Waals surface area contributed by atoms with Crippen LogP contribution in [0.15, 0.2) is 6.07 Å². The third-order valence-corrected chi connectivity index (χ3v) is 4.09. The number of halogens is 3. The van der Waals surface area contributed by atoms with E-state index >= 15 is 0 Å². The zero-order valence-corrected chi connectivity index (χ0v) is 15.0. The van der Waals surface area contributed by atoms with E-state index in [-0.39, 0.29) is 26.0 Å². The molecule has 0 saturated heterocycles. The van der Waals surface area contributed by atoms with Crippen LogP contribution in [0.3, 0.4) is 0 Å². The summed E-state index contributed by atoms with van der Waals surface area (Å²) < 4.78 is 5.26. The van der Waals surface area contributed by atoms with Gasteiger partial charge in [-0.2, -0.15) is 0 Å². The topological polar surface area (TPSA) is 26.3 Å². The van der Waals surface area contributed by atoms with Crippen LogP contribution in [-0.4, -0.2) is 12.6 Å². The van der Waals surface area contributed by atoms with Crippen molar-refractivity contribution in [3.8, 4) is 0 Å². The first-order chi connectivity index (χ1) is 9.62. The van der Waals surface area contributed by atoms with Crippen LogP contribution >= 0.6 is 34.8 Å². The van der Waals surface area contributed by atoms with Gasteiger partial charge in [0.15, 0.2) is 0 Å². The van der Waals surface area contributed by atoms with Crippen molar-refractivity contribution in [2.24, 2.45) is 11.3 Å². The Morgan fingerprint density at radius 3 is 2.52 bits per heavy atom. The van der Waals surface area contributed by atoms with Gasteiger partial charge in [-0.15, -0.1) is 0 Å². The fourth-order valence-electron chi connectivity index (χ4n) is 2.34. The van der Waals surface area contributed by atoms with Crippen molar-refractivity contribution >= 4 is 40.8 Å². The summed E-state index contributed by atoms with van der Waals surface area (Å²) >= 11 is 17.7. The van der Waals surface area contributed by atoms with Gasteiger partial charge in [0, 0.05) is 6.07 Å². The summed E-state index contributed by atoms with van der Waals surface area (Å²) in [7, 11) is 0. The summed E-state index contributed by atoms with van der Waals surface area (Å²) in [6, 6.07) is 4.11. The molecule has 0 aliphatic carbocycles. The number of ether oxygens (including phenoxy) is 1. The molecule has 1 aromatic rings. The van der Waals surface area contributed by atoms with Gasteiger partial charge in [-0.25, -0.2) is 4.79 Å². The molecule has 0 unspecified atom stereocenters. The fraction of sp³-hybridized carbons (Fsp3) is 0.562. The molecule has 21 heavy (non-hydrogen) atoms. The van der Waals surface area contributed by atoms with Crippen molar-refractivity contribution in [3.63, 3.8) is 0 Å². The minimum atomic E-state index is -0.551. The lowest BCUT2D eigenvalue weighted by Crippen LogP contribution is -2.19. The number of esters is 1. The molecule has 0 atom stereocenters. The molecule has 5 heteroatoms. The van der Waals surface area contributed by atoms with Crippen LogP contribution < -0.4 is 0 Å². The number of benzene rings is 1. The van der Waals surface area contributed by atoms with Crippen molar-refractivity contribution in [2.75, 3.05) is 6.61 Å². The first-order valence-corrected chi connectivity index (χ1v) is 8.00. The Hall–Kier alpha value is -0.440. The van der Waals surface area contributed by atoms with Gasteiger partial charge in [0.2, 0.25) is 0 Å². The van der Waals surface area contributed by atoms with Crippen LogP contribution in [0.5, 0.6) is 0 Å². The predicted octanol–water partition coefficient (Wildman–Crippen LogP) is 6.07. The molecular weight excluding hydrogens is 331 g/mol. The van der Waals surface area contributed by atoms with Crippen LogP contribution in [0.25, 0.3) is 0 Å². The molecule has 0 aromatic heterocycles. The Kier molecular flexibility index (Phi) is 6.83. The van der Waals surface area contributed by atoms with Gasteiger partial charge in [-0.3, -0.25) is 0 Å². The summed E-state index contributed by atoms with van der Waals surface area (Å²) in [5, 5.41) is 0.566. The van der Waals surface area contributed by atoms with Crippen molar-refractivity contribution in [3.05, 3.63) is 32.8 Å². The van der Waals surface area contributed by atoms with E-state index in [1.54, 1.807) is 0 Å².